The van der Waals surface area contributed by atoms with E-state index < -0.39 is 0 Å². The Morgan fingerprint density at radius 2 is 1.65 bits per heavy atom. The molecule has 17 heavy (non-hydrogen) atoms. The summed E-state index contributed by atoms with van der Waals surface area (Å²) in [5, 5.41) is 1.35. The van der Waals surface area contributed by atoms with Crippen molar-refractivity contribution in [3.63, 3.8) is 0 Å². The first-order valence-corrected chi connectivity index (χ1v) is 6.22. The van der Waals surface area contributed by atoms with Crippen molar-refractivity contribution in [1.29, 1.82) is 0 Å². The number of nitrogens with one attached hydrogen (secondary N) is 1. The highest BCUT2D eigenvalue weighted by atomic mass is 14.7. The monoisotopic (exact) mass is 231 g/mol. The summed E-state index contributed by atoms with van der Waals surface area (Å²) in [4.78, 5) is 3.35. The van der Waals surface area contributed by atoms with Crippen LogP contribution in [-0.4, -0.2) is 4.98 Å². The SMILES string of the molecule is C=CC.CC.Cc1ccc2[nH]c(C)c(C)c2c1. The molecule has 0 spiro atoms. The second-order valence-electron chi connectivity index (χ2n) is 3.83. The fraction of sp³-hybridized carbons (Fsp3) is 0.375. The van der Waals surface area contributed by atoms with Gasteiger partial charge in [-0.1, -0.05) is 31.6 Å². The number of fused-ring (bicyclic) bond motifs is 1. The lowest BCUT2D eigenvalue weighted by atomic mass is 10.1. The number of rotatable bonds is 0. The van der Waals surface area contributed by atoms with Gasteiger partial charge in [-0.05, 0) is 45.4 Å². The summed E-state index contributed by atoms with van der Waals surface area (Å²) >= 11 is 0. The summed E-state index contributed by atoms with van der Waals surface area (Å²) in [5.41, 5.74) is 5.21. The van der Waals surface area contributed by atoms with Crippen molar-refractivity contribution >= 4 is 10.9 Å². The van der Waals surface area contributed by atoms with Crippen LogP contribution >= 0.6 is 0 Å². The van der Waals surface area contributed by atoms with Gasteiger partial charge in [0.05, 0.1) is 0 Å². The Bertz CT molecular complexity index is 464. The number of benzene rings is 1. The topological polar surface area (TPSA) is 15.8 Å². The third kappa shape index (κ3) is 4.10. The molecule has 0 fully saturated rings. The zero-order chi connectivity index (χ0) is 13.4. The van der Waals surface area contributed by atoms with Crippen LogP contribution in [0.3, 0.4) is 0 Å². The minimum atomic E-state index is 1.25. The molecule has 0 radical (unpaired) electrons. The second kappa shape index (κ2) is 7.72. The number of aromatic amines is 1. The lowest BCUT2D eigenvalue weighted by Gasteiger charge is -1.93. The van der Waals surface area contributed by atoms with E-state index in [9.17, 15) is 0 Å². The fourth-order valence-electron chi connectivity index (χ4n) is 1.58. The van der Waals surface area contributed by atoms with E-state index in [4.69, 9.17) is 0 Å². The molecular weight excluding hydrogens is 206 g/mol. The highest BCUT2D eigenvalue weighted by Gasteiger charge is 2.02. The molecule has 1 aromatic carbocycles. The maximum Gasteiger partial charge on any atom is 0.0458 e. The van der Waals surface area contributed by atoms with Crippen molar-refractivity contribution in [2.45, 2.75) is 41.5 Å². The van der Waals surface area contributed by atoms with Gasteiger partial charge >= 0.3 is 0 Å². The maximum absolute atomic E-state index is 3.36. The number of H-pyrrole nitrogens is 1. The quantitative estimate of drug-likeness (QED) is 0.591. The van der Waals surface area contributed by atoms with Crippen LogP contribution in [0.25, 0.3) is 10.9 Å². The minimum Gasteiger partial charge on any atom is -0.358 e. The van der Waals surface area contributed by atoms with Crippen molar-refractivity contribution in [2.24, 2.45) is 0 Å². The summed E-state index contributed by atoms with van der Waals surface area (Å²) in [6, 6.07) is 6.51. The van der Waals surface area contributed by atoms with Gasteiger partial charge < -0.3 is 4.98 Å². The molecule has 0 saturated heterocycles. The normalized spacial score (nSPS) is 8.82. The Balaban J connectivity index is 0.000000450. The molecule has 0 unspecified atom stereocenters. The minimum absolute atomic E-state index is 1.25. The summed E-state index contributed by atoms with van der Waals surface area (Å²) in [5.74, 6) is 0. The Morgan fingerprint density at radius 3 is 2.18 bits per heavy atom. The zero-order valence-corrected chi connectivity index (χ0v) is 12.0. The summed E-state index contributed by atoms with van der Waals surface area (Å²) in [7, 11) is 0. The average Bonchev–Trinajstić information content (AvgIpc) is 2.60. The van der Waals surface area contributed by atoms with Crippen LogP contribution < -0.4 is 0 Å². The largest absolute Gasteiger partial charge is 0.358 e. The average molecular weight is 231 g/mol. The smallest absolute Gasteiger partial charge is 0.0458 e. The van der Waals surface area contributed by atoms with E-state index in [0.717, 1.165) is 0 Å². The number of aryl methyl sites for hydroxylation is 3. The molecule has 0 bridgehead atoms. The Morgan fingerprint density at radius 1 is 1.12 bits per heavy atom. The molecule has 1 N–H and O–H groups in total. The molecule has 0 atom stereocenters. The molecule has 94 valence electrons. The van der Waals surface area contributed by atoms with Crippen molar-refractivity contribution in [2.75, 3.05) is 0 Å². The van der Waals surface area contributed by atoms with Gasteiger partial charge in [-0.3, -0.25) is 0 Å². The van der Waals surface area contributed by atoms with Crippen LogP contribution in [0.1, 0.15) is 37.6 Å². The van der Waals surface area contributed by atoms with E-state index in [-0.39, 0.29) is 0 Å². The van der Waals surface area contributed by atoms with Crippen molar-refractivity contribution < 1.29 is 0 Å². The summed E-state index contributed by atoms with van der Waals surface area (Å²) in [6.07, 6.45) is 1.75. The van der Waals surface area contributed by atoms with Crippen LogP contribution in [0.15, 0.2) is 30.9 Å². The standard InChI is InChI=1S/C11H13N.C3H6.C2H6/c1-7-4-5-11-10(6-7)8(2)9(3)12-11;1-3-2;1-2/h4-6,12H,1-3H3;3H,1H2,2H3;1-2H3. The number of allylic oxidation sites excluding steroid dienone is 1. The van der Waals surface area contributed by atoms with Crippen molar-refractivity contribution in [3.8, 4) is 0 Å². The second-order valence-corrected chi connectivity index (χ2v) is 3.83. The van der Waals surface area contributed by atoms with Crippen molar-refractivity contribution in [3.05, 3.63) is 47.7 Å². The van der Waals surface area contributed by atoms with Gasteiger partial charge in [0, 0.05) is 16.6 Å². The van der Waals surface area contributed by atoms with E-state index >= 15 is 0 Å². The number of aromatic nitrogens is 1. The molecule has 1 nitrogen and oxygen atoms in total. The van der Waals surface area contributed by atoms with E-state index in [1.54, 1.807) is 6.08 Å². The molecule has 1 heteroatoms. The summed E-state index contributed by atoms with van der Waals surface area (Å²) in [6.45, 7) is 15.7. The van der Waals surface area contributed by atoms with E-state index in [1.807, 2.05) is 20.8 Å². The van der Waals surface area contributed by atoms with E-state index in [2.05, 4.69) is 50.5 Å². The lowest BCUT2D eigenvalue weighted by Crippen LogP contribution is -1.72. The maximum atomic E-state index is 3.36. The first-order valence-electron chi connectivity index (χ1n) is 6.22. The molecule has 0 aliphatic rings. The summed E-state index contributed by atoms with van der Waals surface area (Å²) < 4.78 is 0. The van der Waals surface area contributed by atoms with Gasteiger partial charge in [-0.15, -0.1) is 6.58 Å². The Kier molecular flexibility index (Phi) is 7.04. The Hall–Kier alpha value is -1.50. The highest BCUT2D eigenvalue weighted by Crippen LogP contribution is 2.21. The molecule has 1 aromatic heterocycles. The van der Waals surface area contributed by atoms with Gasteiger partial charge in [0.25, 0.3) is 0 Å². The third-order valence-corrected chi connectivity index (χ3v) is 2.46. The predicted molar refractivity (Wildman–Crippen MR) is 79.7 cm³/mol. The molecule has 1 heterocycles. The van der Waals surface area contributed by atoms with Crippen LogP contribution in [0, 0.1) is 20.8 Å². The van der Waals surface area contributed by atoms with E-state index in [1.165, 1.54) is 27.7 Å². The molecular formula is C16H25N. The van der Waals surface area contributed by atoms with E-state index in [0.29, 0.717) is 0 Å². The van der Waals surface area contributed by atoms with Crippen LogP contribution in [-0.2, 0) is 0 Å². The molecule has 0 saturated carbocycles. The van der Waals surface area contributed by atoms with Crippen LogP contribution in [0.5, 0.6) is 0 Å². The molecule has 0 amide bonds. The van der Waals surface area contributed by atoms with Gasteiger partial charge in [0.2, 0.25) is 0 Å². The molecule has 0 aliphatic heterocycles. The highest BCUT2D eigenvalue weighted by molar-refractivity contribution is 5.84. The zero-order valence-electron chi connectivity index (χ0n) is 12.0. The third-order valence-electron chi connectivity index (χ3n) is 2.46. The number of hydrogen-bond donors (Lipinski definition) is 1. The van der Waals surface area contributed by atoms with Crippen LogP contribution in [0.2, 0.25) is 0 Å². The van der Waals surface area contributed by atoms with Gasteiger partial charge in [-0.2, -0.15) is 0 Å². The van der Waals surface area contributed by atoms with Gasteiger partial charge in [-0.25, -0.2) is 0 Å². The first kappa shape index (κ1) is 15.5. The lowest BCUT2D eigenvalue weighted by molar-refractivity contribution is 1.25. The molecule has 0 aliphatic carbocycles. The predicted octanol–water partition coefficient (Wildman–Crippen LogP) is 5.31. The first-order chi connectivity index (χ1) is 8.10. The van der Waals surface area contributed by atoms with Gasteiger partial charge in [0.1, 0.15) is 0 Å². The van der Waals surface area contributed by atoms with Crippen LogP contribution in [0.4, 0.5) is 0 Å². The Labute approximate surface area is 106 Å². The van der Waals surface area contributed by atoms with Crippen molar-refractivity contribution in [1.82, 2.24) is 4.98 Å². The molecule has 2 rings (SSSR count). The fourth-order valence-corrected chi connectivity index (χ4v) is 1.58. The van der Waals surface area contributed by atoms with Gasteiger partial charge in [0.15, 0.2) is 0 Å². The number of hydrogen-bond acceptors (Lipinski definition) is 0. The molecule has 2 aromatic rings.